The maximum atomic E-state index is 13.2. The molecule has 104 valence electrons. The standard InChI is InChI=1S/C14H14FN3S2/c1-3-16-8(2)13-17-18-14(20-13)12-6-9-4-5-10(15)7-11(9)19-12/h4-8,16H,3H2,1-2H3. The van der Waals surface area contributed by atoms with Crippen molar-refractivity contribution in [3.05, 3.63) is 35.1 Å². The van der Waals surface area contributed by atoms with Gasteiger partial charge in [-0.05, 0) is 37.1 Å². The van der Waals surface area contributed by atoms with E-state index in [1.165, 1.54) is 6.07 Å². The van der Waals surface area contributed by atoms with Crippen molar-refractivity contribution in [2.45, 2.75) is 19.9 Å². The van der Waals surface area contributed by atoms with Crippen molar-refractivity contribution in [3.63, 3.8) is 0 Å². The van der Waals surface area contributed by atoms with Crippen LogP contribution in [0.25, 0.3) is 20.0 Å². The van der Waals surface area contributed by atoms with Gasteiger partial charge in [-0.1, -0.05) is 24.3 Å². The summed E-state index contributed by atoms with van der Waals surface area (Å²) in [6.07, 6.45) is 0. The van der Waals surface area contributed by atoms with E-state index in [4.69, 9.17) is 0 Å². The minimum atomic E-state index is -0.204. The van der Waals surface area contributed by atoms with Gasteiger partial charge in [-0.15, -0.1) is 21.5 Å². The first-order chi connectivity index (χ1) is 9.67. The largest absolute Gasteiger partial charge is 0.308 e. The van der Waals surface area contributed by atoms with Crippen LogP contribution in [0.15, 0.2) is 24.3 Å². The molecule has 1 unspecified atom stereocenters. The van der Waals surface area contributed by atoms with Crippen molar-refractivity contribution >= 4 is 32.8 Å². The van der Waals surface area contributed by atoms with Crippen LogP contribution in [0.4, 0.5) is 4.39 Å². The molecular weight excluding hydrogens is 293 g/mol. The Morgan fingerprint density at radius 1 is 1.25 bits per heavy atom. The molecule has 20 heavy (non-hydrogen) atoms. The minimum absolute atomic E-state index is 0.204. The molecular formula is C14H14FN3S2. The van der Waals surface area contributed by atoms with Crippen molar-refractivity contribution in [1.82, 2.24) is 15.5 Å². The number of rotatable bonds is 4. The SMILES string of the molecule is CCNC(C)c1nnc(-c2cc3ccc(F)cc3s2)s1. The van der Waals surface area contributed by atoms with E-state index in [2.05, 4.69) is 29.4 Å². The first kappa shape index (κ1) is 13.6. The third kappa shape index (κ3) is 2.59. The molecule has 0 amide bonds. The Kier molecular flexibility index (Phi) is 3.78. The lowest BCUT2D eigenvalue weighted by Gasteiger charge is -2.06. The van der Waals surface area contributed by atoms with Crippen molar-refractivity contribution in [1.29, 1.82) is 0 Å². The van der Waals surface area contributed by atoms with E-state index in [1.807, 2.05) is 6.07 Å². The van der Waals surface area contributed by atoms with Crippen molar-refractivity contribution in [2.75, 3.05) is 6.54 Å². The van der Waals surface area contributed by atoms with Crippen LogP contribution < -0.4 is 5.32 Å². The lowest BCUT2D eigenvalue weighted by molar-refractivity contribution is 0.590. The van der Waals surface area contributed by atoms with Crippen LogP contribution >= 0.6 is 22.7 Å². The van der Waals surface area contributed by atoms with E-state index < -0.39 is 0 Å². The second-order valence-corrected chi connectivity index (χ2v) is 6.61. The molecule has 0 spiro atoms. The summed E-state index contributed by atoms with van der Waals surface area (Å²) in [5.41, 5.74) is 0. The van der Waals surface area contributed by atoms with Crippen molar-refractivity contribution in [2.24, 2.45) is 0 Å². The van der Waals surface area contributed by atoms with Gasteiger partial charge >= 0.3 is 0 Å². The Bertz CT molecular complexity index is 735. The molecule has 3 aromatic rings. The maximum Gasteiger partial charge on any atom is 0.157 e. The van der Waals surface area contributed by atoms with Gasteiger partial charge in [0.15, 0.2) is 5.01 Å². The van der Waals surface area contributed by atoms with Gasteiger partial charge in [-0.2, -0.15) is 0 Å². The number of nitrogens with zero attached hydrogens (tertiary/aromatic N) is 2. The molecule has 0 bridgehead atoms. The van der Waals surface area contributed by atoms with Crippen LogP contribution in [-0.4, -0.2) is 16.7 Å². The fourth-order valence-corrected chi connectivity index (χ4v) is 4.01. The topological polar surface area (TPSA) is 37.8 Å². The van der Waals surface area contributed by atoms with Gasteiger partial charge in [0, 0.05) is 4.70 Å². The monoisotopic (exact) mass is 307 g/mol. The quantitative estimate of drug-likeness (QED) is 0.784. The van der Waals surface area contributed by atoms with Crippen LogP contribution in [-0.2, 0) is 0 Å². The number of nitrogens with one attached hydrogen (secondary N) is 1. The highest BCUT2D eigenvalue weighted by Gasteiger charge is 2.14. The van der Waals surface area contributed by atoms with Gasteiger partial charge in [0.25, 0.3) is 0 Å². The molecule has 0 saturated carbocycles. The molecule has 0 aliphatic rings. The summed E-state index contributed by atoms with van der Waals surface area (Å²) >= 11 is 3.14. The lowest BCUT2D eigenvalue weighted by atomic mass is 10.2. The number of hydrogen-bond donors (Lipinski definition) is 1. The summed E-state index contributed by atoms with van der Waals surface area (Å²) in [4.78, 5) is 1.04. The molecule has 1 N–H and O–H groups in total. The summed E-state index contributed by atoms with van der Waals surface area (Å²) < 4.78 is 14.2. The highest BCUT2D eigenvalue weighted by molar-refractivity contribution is 7.25. The fraction of sp³-hybridized carbons (Fsp3) is 0.286. The van der Waals surface area contributed by atoms with Crippen LogP contribution in [0.5, 0.6) is 0 Å². The Balaban J connectivity index is 1.94. The second kappa shape index (κ2) is 5.55. The summed E-state index contributed by atoms with van der Waals surface area (Å²) in [6, 6.07) is 7.10. The smallest absolute Gasteiger partial charge is 0.157 e. The van der Waals surface area contributed by atoms with Gasteiger partial charge in [-0.3, -0.25) is 0 Å². The van der Waals surface area contributed by atoms with Crippen LogP contribution in [0.2, 0.25) is 0 Å². The number of benzene rings is 1. The third-order valence-electron chi connectivity index (χ3n) is 3.01. The molecule has 0 fully saturated rings. The molecule has 3 nitrogen and oxygen atoms in total. The van der Waals surface area contributed by atoms with E-state index in [9.17, 15) is 4.39 Å². The van der Waals surface area contributed by atoms with Crippen molar-refractivity contribution in [3.8, 4) is 9.88 Å². The summed E-state index contributed by atoms with van der Waals surface area (Å²) in [7, 11) is 0. The number of halogens is 1. The van der Waals surface area contributed by atoms with E-state index >= 15 is 0 Å². The molecule has 6 heteroatoms. The summed E-state index contributed by atoms with van der Waals surface area (Å²) in [6.45, 7) is 5.05. The van der Waals surface area contributed by atoms with Crippen molar-refractivity contribution < 1.29 is 4.39 Å². The Hall–Kier alpha value is -1.37. The fourth-order valence-electron chi connectivity index (χ4n) is 2.01. The van der Waals surface area contributed by atoms with E-state index in [-0.39, 0.29) is 11.9 Å². The molecule has 0 saturated heterocycles. The predicted octanol–water partition coefficient (Wildman–Crippen LogP) is 4.23. The van der Waals surface area contributed by atoms with Gasteiger partial charge in [0.1, 0.15) is 10.8 Å². The number of aromatic nitrogens is 2. The van der Waals surface area contributed by atoms with Gasteiger partial charge < -0.3 is 5.32 Å². The van der Waals surface area contributed by atoms with Gasteiger partial charge in [0.2, 0.25) is 0 Å². The Morgan fingerprint density at radius 3 is 2.90 bits per heavy atom. The first-order valence-electron chi connectivity index (χ1n) is 6.43. The molecule has 2 aromatic heterocycles. The first-order valence-corrected chi connectivity index (χ1v) is 8.07. The molecule has 2 heterocycles. The number of fused-ring (bicyclic) bond motifs is 1. The molecule has 1 aromatic carbocycles. The number of hydrogen-bond acceptors (Lipinski definition) is 5. The third-order valence-corrected chi connectivity index (χ3v) is 5.39. The highest BCUT2D eigenvalue weighted by atomic mass is 32.1. The lowest BCUT2D eigenvalue weighted by Crippen LogP contribution is -2.17. The molecule has 0 radical (unpaired) electrons. The highest BCUT2D eigenvalue weighted by Crippen LogP contribution is 2.36. The molecule has 0 aliphatic carbocycles. The summed E-state index contributed by atoms with van der Waals surface area (Å²) in [5.74, 6) is -0.204. The van der Waals surface area contributed by atoms with Crippen LogP contribution in [0, 0.1) is 5.82 Å². The molecule has 0 aliphatic heterocycles. The zero-order valence-electron chi connectivity index (χ0n) is 11.2. The van der Waals surface area contributed by atoms with E-state index in [0.29, 0.717) is 0 Å². The minimum Gasteiger partial charge on any atom is -0.308 e. The van der Waals surface area contributed by atoms with E-state index in [0.717, 1.165) is 31.5 Å². The molecule has 1 atom stereocenters. The summed E-state index contributed by atoms with van der Waals surface area (Å²) in [5, 5.41) is 14.7. The second-order valence-electron chi connectivity index (χ2n) is 4.52. The van der Waals surface area contributed by atoms with Crippen LogP contribution in [0.1, 0.15) is 24.9 Å². The Labute approximate surface area is 124 Å². The zero-order valence-corrected chi connectivity index (χ0v) is 12.8. The van der Waals surface area contributed by atoms with Crippen LogP contribution in [0.3, 0.4) is 0 Å². The van der Waals surface area contributed by atoms with Gasteiger partial charge in [0.05, 0.1) is 10.9 Å². The van der Waals surface area contributed by atoms with E-state index in [1.54, 1.807) is 34.8 Å². The maximum absolute atomic E-state index is 13.2. The molecule has 3 rings (SSSR count). The Morgan fingerprint density at radius 2 is 2.10 bits per heavy atom. The predicted molar refractivity (Wildman–Crippen MR) is 82.8 cm³/mol. The zero-order chi connectivity index (χ0) is 14.1. The number of thiophene rings is 1. The van der Waals surface area contributed by atoms with Gasteiger partial charge in [-0.25, -0.2) is 4.39 Å². The normalized spacial score (nSPS) is 12.9. The average molecular weight is 307 g/mol. The average Bonchev–Trinajstić information content (AvgIpc) is 3.04.